The largest absolute Gasteiger partial charge is 0.398 e. The molecule has 1 saturated heterocycles. The van der Waals surface area contributed by atoms with Crippen LogP contribution in [0.1, 0.15) is 18.9 Å². The van der Waals surface area contributed by atoms with Crippen LogP contribution in [0.15, 0.2) is 24.3 Å². The van der Waals surface area contributed by atoms with Gasteiger partial charge in [0.1, 0.15) is 0 Å². The van der Waals surface area contributed by atoms with Crippen LogP contribution in [0, 0.1) is 5.92 Å². The van der Waals surface area contributed by atoms with Gasteiger partial charge >= 0.3 is 0 Å². The first-order valence-corrected chi connectivity index (χ1v) is 5.92. The standard InChI is InChI=1S/C13H20N2O/c1-10(12-6-7-16-9-12)15-8-11-4-2-3-5-13(11)14/h2-5,10,12,15H,6-9,14H2,1H3. The Labute approximate surface area is 97.0 Å². The van der Waals surface area contributed by atoms with Gasteiger partial charge in [0.2, 0.25) is 0 Å². The van der Waals surface area contributed by atoms with Crippen molar-refractivity contribution in [1.82, 2.24) is 5.32 Å². The number of hydrogen-bond donors (Lipinski definition) is 2. The lowest BCUT2D eigenvalue weighted by molar-refractivity contribution is 0.178. The van der Waals surface area contributed by atoms with Gasteiger partial charge in [-0.1, -0.05) is 18.2 Å². The van der Waals surface area contributed by atoms with Crippen molar-refractivity contribution in [3.63, 3.8) is 0 Å². The van der Waals surface area contributed by atoms with Gasteiger partial charge in [0.05, 0.1) is 6.61 Å². The van der Waals surface area contributed by atoms with E-state index in [-0.39, 0.29) is 0 Å². The first-order valence-electron chi connectivity index (χ1n) is 5.92. The van der Waals surface area contributed by atoms with Gasteiger partial charge in [-0.3, -0.25) is 0 Å². The van der Waals surface area contributed by atoms with Gasteiger partial charge in [-0.25, -0.2) is 0 Å². The highest BCUT2D eigenvalue weighted by Crippen LogP contribution is 2.17. The molecule has 0 aliphatic carbocycles. The zero-order valence-corrected chi connectivity index (χ0v) is 9.78. The van der Waals surface area contributed by atoms with Crippen LogP contribution in [0.25, 0.3) is 0 Å². The van der Waals surface area contributed by atoms with E-state index in [9.17, 15) is 0 Å². The molecule has 1 aliphatic rings. The van der Waals surface area contributed by atoms with Crippen molar-refractivity contribution in [3.05, 3.63) is 29.8 Å². The summed E-state index contributed by atoms with van der Waals surface area (Å²) in [5.74, 6) is 0.643. The van der Waals surface area contributed by atoms with Crippen LogP contribution in [-0.4, -0.2) is 19.3 Å². The number of anilines is 1. The maximum absolute atomic E-state index is 5.90. The second-order valence-electron chi connectivity index (χ2n) is 4.49. The fourth-order valence-electron chi connectivity index (χ4n) is 2.08. The number of nitrogens with one attached hydrogen (secondary N) is 1. The Morgan fingerprint density at radius 2 is 2.31 bits per heavy atom. The normalized spacial score (nSPS) is 22.2. The van der Waals surface area contributed by atoms with E-state index in [0.29, 0.717) is 12.0 Å². The summed E-state index contributed by atoms with van der Waals surface area (Å²) in [4.78, 5) is 0. The van der Waals surface area contributed by atoms with Crippen LogP contribution in [0.5, 0.6) is 0 Å². The van der Waals surface area contributed by atoms with Gasteiger partial charge in [-0.2, -0.15) is 0 Å². The maximum Gasteiger partial charge on any atom is 0.0509 e. The molecule has 0 radical (unpaired) electrons. The lowest BCUT2D eigenvalue weighted by atomic mass is 10.0. The Kier molecular flexibility index (Phi) is 3.80. The van der Waals surface area contributed by atoms with Gasteiger partial charge < -0.3 is 15.8 Å². The molecule has 3 nitrogen and oxygen atoms in total. The third-order valence-corrected chi connectivity index (χ3v) is 3.34. The quantitative estimate of drug-likeness (QED) is 0.760. The fraction of sp³-hybridized carbons (Fsp3) is 0.538. The molecule has 3 heteroatoms. The summed E-state index contributed by atoms with van der Waals surface area (Å²) in [5.41, 5.74) is 7.94. The number of nitrogens with two attached hydrogens (primary N) is 1. The predicted octanol–water partition coefficient (Wildman–Crippen LogP) is 1.78. The predicted molar refractivity (Wildman–Crippen MR) is 66.1 cm³/mol. The van der Waals surface area contributed by atoms with Crippen LogP contribution in [-0.2, 0) is 11.3 Å². The molecule has 1 aromatic carbocycles. The molecule has 3 N–H and O–H groups in total. The molecule has 1 aliphatic heterocycles. The fourth-order valence-corrected chi connectivity index (χ4v) is 2.08. The van der Waals surface area contributed by atoms with E-state index in [1.807, 2.05) is 18.2 Å². The molecule has 0 bridgehead atoms. The van der Waals surface area contributed by atoms with Crippen molar-refractivity contribution >= 4 is 5.69 Å². The minimum atomic E-state index is 0.488. The van der Waals surface area contributed by atoms with Crippen molar-refractivity contribution < 1.29 is 4.74 Å². The maximum atomic E-state index is 5.90. The Morgan fingerprint density at radius 1 is 1.50 bits per heavy atom. The first-order chi connectivity index (χ1) is 7.77. The third kappa shape index (κ3) is 2.74. The highest BCUT2D eigenvalue weighted by molar-refractivity contribution is 5.46. The number of ether oxygens (including phenoxy) is 1. The molecular formula is C13H20N2O. The molecule has 1 aromatic rings. The van der Waals surface area contributed by atoms with E-state index in [1.54, 1.807) is 0 Å². The van der Waals surface area contributed by atoms with Crippen molar-refractivity contribution in [1.29, 1.82) is 0 Å². The first kappa shape index (κ1) is 11.4. The average Bonchev–Trinajstić information content (AvgIpc) is 2.81. The Morgan fingerprint density at radius 3 is 3.00 bits per heavy atom. The Bertz CT molecular complexity index is 334. The molecule has 0 spiro atoms. The number of hydrogen-bond acceptors (Lipinski definition) is 3. The summed E-state index contributed by atoms with van der Waals surface area (Å²) in [7, 11) is 0. The molecule has 2 atom stereocenters. The second kappa shape index (κ2) is 5.32. The average molecular weight is 220 g/mol. The summed E-state index contributed by atoms with van der Waals surface area (Å²) in [6.45, 7) is 4.85. The Balaban J connectivity index is 1.84. The van der Waals surface area contributed by atoms with Gasteiger partial charge in [-0.05, 0) is 30.9 Å². The second-order valence-corrected chi connectivity index (χ2v) is 4.49. The molecule has 2 rings (SSSR count). The van der Waals surface area contributed by atoms with Crippen molar-refractivity contribution in [2.75, 3.05) is 18.9 Å². The lowest BCUT2D eigenvalue weighted by Crippen LogP contribution is -2.33. The topological polar surface area (TPSA) is 47.3 Å². The molecule has 2 unspecified atom stereocenters. The minimum Gasteiger partial charge on any atom is -0.398 e. The van der Waals surface area contributed by atoms with Crippen molar-refractivity contribution in [2.24, 2.45) is 5.92 Å². The number of benzene rings is 1. The minimum absolute atomic E-state index is 0.488. The highest BCUT2D eigenvalue weighted by Gasteiger charge is 2.21. The van der Waals surface area contributed by atoms with Crippen LogP contribution in [0.2, 0.25) is 0 Å². The number of para-hydroxylation sites is 1. The molecule has 1 fully saturated rings. The number of nitrogen functional groups attached to an aromatic ring is 1. The van der Waals surface area contributed by atoms with E-state index in [0.717, 1.165) is 25.4 Å². The molecule has 88 valence electrons. The van der Waals surface area contributed by atoms with E-state index < -0.39 is 0 Å². The summed E-state index contributed by atoms with van der Waals surface area (Å²) < 4.78 is 5.39. The number of rotatable bonds is 4. The van der Waals surface area contributed by atoms with Crippen LogP contribution >= 0.6 is 0 Å². The zero-order chi connectivity index (χ0) is 11.4. The molecule has 0 amide bonds. The highest BCUT2D eigenvalue weighted by atomic mass is 16.5. The van der Waals surface area contributed by atoms with Crippen LogP contribution < -0.4 is 11.1 Å². The third-order valence-electron chi connectivity index (χ3n) is 3.34. The van der Waals surface area contributed by atoms with Crippen molar-refractivity contribution in [3.8, 4) is 0 Å². The molecule has 1 heterocycles. The molecule has 0 aromatic heterocycles. The summed E-state index contributed by atoms with van der Waals surface area (Å²) in [6.07, 6.45) is 1.17. The monoisotopic (exact) mass is 220 g/mol. The van der Waals surface area contributed by atoms with Crippen LogP contribution in [0.3, 0.4) is 0 Å². The lowest BCUT2D eigenvalue weighted by Gasteiger charge is -2.19. The van der Waals surface area contributed by atoms with Gasteiger partial charge in [0.15, 0.2) is 0 Å². The SMILES string of the molecule is CC(NCc1ccccc1N)C1CCOC1. The summed E-state index contributed by atoms with van der Waals surface area (Å²) in [5, 5.41) is 3.52. The van der Waals surface area contributed by atoms with E-state index in [4.69, 9.17) is 10.5 Å². The molecule has 0 saturated carbocycles. The van der Waals surface area contributed by atoms with Gasteiger partial charge in [-0.15, -0.1) is 0 Å². The zero-order valence-electron chi connectivity index (χ0n) is 9.78. The summed E-state index contributed by atoms with van der Waals surface area (Å²) >= 11 is 0. The van der Waals surface area contributed by atoms with E-state index in [1.165, 1.54) is 12.0 Å². The Hall–Kier alpha value is -1.06. The molecular weight excluding hydrogens is 200 g/mol. The smallest absolute Gasteiger partial charge is 0.0509 e. The van der Waals surface area contributed by atoms with E-state index in [2.05, 4.69) is 18.3 Å². The van der Waals surface area contributed by atoms with Crippen molar-refractivity contribution in [2.45, 2.75) is 25.9 Å². The summed E-state index contributed by atoms with van der Waals surface area (Å²) in [6, 6.07) is 8.49. The van der Waals surface area contributed by atoms with Crippen LogP contribution in [0.4, 0.5) is 5.69 Å². The van der Waals surface area contributed by atoms with Gasteiger partial charge in [0, 0.05) is 24.9 Å². The van der Waals surface area contributed by atoms with Gasteiger partial charge in [0.25, 0.3) is 0 Å². The van der Waals surface area contributed by atoms with E-state index >= 15 is 0 Å². The molecule has 16 heavy (non-hydrogen) atoms.